The highest BCUT2D eigenvalue weighted by atomic mass is 79.9. The molecule has 3 heterocycles. The van der Waals surface area contributed by atoms with Gasteiger partial charge in [-0.2, -0.15) is 0 Å². The number of nitrogens with zero attached hydrogens (tertiary/aromatic N) is 5. The number of aromatic amines is 1. The highest BCUT2D eigenvalue weighted by Crippen LogP contribution is 2.23. The van der Waals surface area contributed by atoms with Crippen molar-refractivity contribution in [3.8, 4) is 0 Å². The second-order valence-electron chi connectivity index (χ2n) is 8.12. The maximum absolute atomic E-state index is 14.3. The van der Waals surface area contributed by atoms with Crippen LogP contribution < -0.4 is 16.1 Å². The lowest BCUT2D eigenvalue weighted by Crippen LogP contribution is -2.49. The number of piperazine rings is 1. The number of benzene rings is 2. The van der Waals surface area contributed by atoms with Gasteiger partial charge in [0.15, 0.2) is 0 Å². The first-order valence-corrected chi connectivity index (χ1v) is 11.7. The third kappa shape index (κ3) is 4.46. The molecule has 5 rings (SSSR count). The molecule has 178 valence electrons. The van der Waals surface area contributed by atoms with Crippen molar-refractivity contribution in [1.29, 1.82) is 0 Å². The lowest BCUT2D eigenvalue weighted by molar-refractivity contribution is 0.0745. The quantitative estimate of drug-likeness (QED) is 0.427. The van der Waals surface area contributed by atoms with Gasteiger partial charge in [-0.1, -0.05) is 12.1 Å². The summed E-state index contributed by atoms with van der Waals surface area (Å²) in [6.45, 7) is 2.30. The Kier molecular flexibility index (Phi) is 6.16. The van der Waals surface area contributed by atoms with E-state index in [1.807, 2.05) is 4.90 Å². The van der Waals surface area contributed by atoms with Crippen LogP contribution in [-0.4, -0.2) is 56.5 Å². The van der Waals surface area contributed by atoms with Gasteiger partial charge in [-0.25, -0.2) is 19.2 Å². The molecule has 2 aromatic heterocycles. The van der Waals surface area contributed by atoms with Crippen LogP contribution >= 0.6 is 15.9 Å². The van der Waals surface area contributed by atoms with Crippen molar-refractivity contribution in [3.05, 3.63) is 97.1 Å². The number of amides is 1. The first-order valence-electron chi connectivity index (χ1n) is 10.9. The van der Waals surface area contributed by atoms with Crippen LogP contribution in [0.4, 0.5) is 10.3 Å². The van der Waals surface area contributed by atoms with Gasteiger partial charge in [-0.05, 0) is 51.8 Å². The van der Waals surface area contributed by atoms with Gasteiger partial charge in [0.25, 0.3) is 11.5 Å². The molecule has 35 heavy (non-hydrogen) atoms. The van der Waals surface area contributed by atoms with Gasteiger partial charge in [-0.15, -0.1) is 0 Å². The number of rotatable bonds is 4. The van der Waals surface area contributed by atoms with Crippen LogP contribution in [0.15, 0.2) is 68.9 Å². The maximum Gasteiger partial charge on any atom is 0.329 e. The maximum atomic E-state index is 14.3. The summed E-state index contributed by atoms with van der Waals surface area (Å²) in [5.74, 6) is -0.209. The van der Waals surface area contributed by atoms with Crippen LogP contribution in [0.5, 0.6) is 0 Å². The van der Waals surface area contributed by atoms with Crippen molar-refractivity contribution in [2.45, 2.75) is 6.54 Å². The molecule has 2 aromatic carbocycles. The normalized spacial score (nSPS) is 13.9. The number of fused-ring (bicyclic) bond motifs is 1. The number of carbonyl (C=O) groups excluding carboxylic acids is 1. The number of nitrogens with one attached hydrogen (secondary N) is 1. The minimum absolute atomic E-state index is 0.0578. The number of halogens is 2. The molecular weight excluding hydrogens is 519 g/mol. The SMILES string of the molecule is O=C(c1cc(Cn2c(=O)[nH]c(=O)c3c(F)cccc32)ccc1Br)N1CCN(c2ncccn2)CC1. The second kappa shape index (κ2) is 9.41. The van der Waals surface area contributed by atoms with Crippen molar-refractivity contribution in [1.82, 2.24) is 24.4 Å². The molecule has 0 unspecified atom stereocenters. The van der Waals surface area contributed by atoms with E-state index in [4.69, 9.17) is 0 Å². The third-order valence-electron chi connectivity index (χ3n) is 5.98. The summed E-state index contributed by atoms with van der Waals surface area (Å²) in [4.78, 5) is 52.5. The van der Waals surface area contributed by atoms with Crippen LogP contribution in [0.2, 0.25) is 0 Å². The summed E-state index contributed by atoms with van der Waals surface area (Å²) >= 11 is 3.46. The van der Waals surface area contributed by atoms with E-state index in [2.05, 4.69) is 30.9 Å². The van der Waals surface area contributed by atoms with E-state index in [1.165, 1.54) is 22.8 Å². The zero-order valence-corrected chi connectivity index (χ0v) is 20.0. The number of carbonyl (C=O) groups is 1. The van der Waals surface area contributed by atoms with Crippen molar-refractivity contribution in [3.63, 3.8) is 0 Å². The Morgan fingerprint density at radius 2 is 1.77 bits per heavy atom. The Balaban J connectivity index is 1.40. The standard InChI is InChI=1S/C24H20BrFN6O3/c25-17-6-5-15(14-32-19-4-1-3-18(26)20(19)21(33)29-24(32)35)13-16(17)22(34)30-9-11-31(12-10-30)23-27-7-2-8-28-23/h1-8,13H,9-12,14H2,(H,29,33,35). The lowest BCUT2D eigenvalue weighted by atomic mass is 10.1. The lowest BCUT2D eigenvalue weighted by Gasteiger charge is -2.34. The van der Waals surface area contributed by atoms with Crippen LogP contribution in [0.25, 0.3) is 10.9 Å². The van der Waals surface area contributed by atoms with Gasteiger partial charge in [0.05, 0.1) is 23.0 Å². The Hall–Kier alpha value is -3.86. The zero-order valence-electron chi connectivity index (χ0n) is 18.4. The minimum Gasteiger partial charge on any atom is -0.337 e. The van der Waals surface area contributed by atoms with Gasteiger partial charge in [0.2, 0.25) is 5.95 Å². The zero-order chi connectivity index (χ0) is 24.5. The van der Waals surface area contributed by atoms with Crippen molar-refractivity contribution >= 4 is 38.7 Å². The van der Waals surface area contributed by atoms with E-state index in [0.29, 0.717) is 47.7 Å². The fourth-order valence-corrected chi connectivity index (χ4v) is 4.62. The molecule has 11 heteroatoms. The molecular formula is C24H20BrFN6O3. The molecule has 0 aliphatic carbocycles. The van der Waals surface area contributed by atoms with Crippen LogP contribution in [0.1, 0.15) is 15.9 Å². The van der Waals surface area contributed by atoms with Gasteiger partial charge >= 0.3 is 5.69 Å². The Bertz CT molecular complexity index is 1530. The minimum atomic E-state index is -0.772. The van der Waals surface area contributed by atoms with Crippen LogP contribution in [0.3, 0.4) is 0 Å². The monoisotopic (exact) mass is 538 g/mol. The molecule has 9 nitrogen and oxygen atoms in total. The van der Waals surface area contributed by atoms with Gasteiger partial charge in [-0.3, -0.25) is 19.1 Å². The van der Waals surface area contributed by atoms with Crippen LogP contribution in [0, 0.1) is 5.82 Å². The van der Waals surface area contributed by atoms with Crippen molar-refractivity contribution < 1.29 is 9.18 Å². The summed E-state index contributed by atoms with van der Waals surface area (Å²) in [6, 6.07) is 11.1. The molecule has 4 aromatic rings. The fourth-order valence-electron chi connectivity index (χ4n) is 4.21. The van der Waals surface area contributed by atoms with E-state index < -0.39 is 17.1 Å². The van der Waals surface area contributed by atoms with E-state index in [0.717, 1.165) is 0 Å². The number of H-pyrrole nitrogens is 1. The summed E-state index contributed by atoms with van der Waals surface area (Å²) in [5.41, 5.74) is -0.115. The number of aromatic nitrogens is 4. The van der Waals surface area contributed by atoms with E-state index in [1.54, 1.807) is 41.6 Å². The average molecular weight is 539 g/mol. The van der Waals surface area contributed by atoms with E-state index in [-0.39, 0.29) is 23.4 Å². The molecule has 0 spiro atoms. The highest BCUT2D eigenvalue weighted by Gasteiger charge is 2.25. The van der Waals surface area contributed by atoms with Gasteiger partial charge in [0.1, 0.15) is 5.82 Å². The van der Waals surface area contributed by atoms with Gasteiger partial charge in [0, 0.05) is 43.0 Å². The Labute approximate surface area is 207 Å². The first kappa shape index (κ1) is 22.9. The Morgan fingerprint density at radius 1 is 1.03 bits per heavy atom. The first-order chi connectivity index (χ1) is 16.9. The molecule has 0 radical (unpaired) electrons. The molecule has 1 amide bonds. The molecule has 1 saturated heterocycles. The number of anilines is 1. The predicted octanol–water partition coefficient (Wildman–Crippen LogP) is 2.39. The summed E-state index contributed by atoms with van der Waals surface area (Å²) in [7, 11) is 0. The van der Waals surface area contributed by atoms with Crippen molar-refractivity contribution in [2.24, 2.45) is 0 Å². The highest BCUT2D eigenvalue weighted by molar-refractivity contribution is 9.10. The molecule has 1 fully saturated rings. The predicted molar refractivity (Wildman–Crippen MR) is 132 cm³/mol. The van der Waals surface area contributed by atoms with Crippen LogP contribution in [-0.2, 0) is 6.54 Å². The molecule has 1 aliphatic heterocycles. The molecule has 0 saturated carbocycles. The van der Waals surface area contributed by atoms with E-state index in [9.17, 15) is 18.8 Å². The smallest absolute Gasteiger partial charge is 0.329 e. The fraction of sp³-hybridized carbons (Fsp3) is 0.208. The molecule has 1 N–H and O–H groups in total. The van der Waals surface area contributed by atoms with E-state index >= 15 is 0 Å². The van der Waals surface area contributed by atoms with Gasteiger partial charge < -0.3 is 9.80 Å². The number of hydrogen-bond donors (Lipinski definition) is 1. The molecule has 0 bridgehead atoms. The average Bonchev–Trinajstić information content (AvgIpc) is 2.87. The topological polar surface area (TPSA) is 104 Å². The third-order valence-corrected chi connectivity index (χ3v) is 6.67. The molecule has 1 aliphatic rings. The number of hydrogen-bond acceptors (Lipinski definition) is 6. The van der Waals surface area contributed by atoms with Crippen molar-refractivity contribution in [2.75, 3.05) is 31.1 Å². The Morgan fingerprint density at radius 3 is 2.51 bits per heavy atom. The summed E-state index contributed by atoms with van der Waals surface area (Å²) in [6.07, 6.45) is 3.38. The molecule has 0 atom stereocenters. The largest absolute Gasteiger partial charge is 0.337 e. The summed E-state index contributed by atoms with van der Waals surface area (Å²) in [5, 5.41) is -0.180. The second-order valence-corrected chi connectivity index (χ2v) is 8.98. The summed E-state index contributed by atoms with van der Waals surface area (Å²) < 4.78 is 16.2.